The second-order valence-electron chi connectivity index (χ2n) is 7.10. The van der Waals surface area contributed by atoms with E-state index in [0.29, 0.717) is 0 Å². The van der Waals surface area contributed by atoms with Crippen LogP contribution in [0.3, 0.4) is 0 Å². The summed E-state index contributed by atoms with van der Waals surface area (Å²) >= 11 is 0. The number of hydrogen-bond acceptors (Lipinski definition) is 5. The van der Waals surface area contributed by atoms with Crippen LogP contribution in [0.25, 0.3) is 0 Å². The minimum absolute atomic E-state index is 0.194. The lowest BCUT2D eigenvalue weighted by atomic mass is 10.0. The Bertz CT molecular complexity index is 786. The summed E-state index contributed by atoms with van der Waals surface area (Å²) in [5.74, 6) is 0. The molecule has 2 aromatic rings. The van der Waals surface area contributed by atoms with E-state index in [1.807, 2.05) is 12.1 Å². The van der Waals surface area contributed by atoms with Crippen LogP contribution in [0, 0.1) is 10.1 Å². The zero-order chi connectivity index (χ0) is 17.9. The van der Waals surface area contributed by atoms with Crippen molar-refractivity contribution in [3.05, 3.63) is 63.7 Å². The minimum Gasteiger partial charge on any atom is -0.384 e. The van der Waals surface area contributed by atoms with Crippen molar-refractivity contribution < 1.29 is 4.92 Å². The number of anilines is 2. The highest BCUT2D eigenvalue weighted by Crippen LogP contribution is 2.38. The number of nitro benzene ring substituents is 1. The Balaban J connectivity index is 1.42. The van der Waals surface area contributed by atoms with E-state index in [-0.39, 0.29) is 16.7 Å². The van der Waals surface area contributed by atoms with Gasteiger partial charge in [-0.3, -0.25) is 15.0 Å². The van der Waals surface area contributed by atoms with Crippen molar-refractivity contribution in [3.63, 3.8) is 0 Å². The molecule has 1 fully saturated rings. The number of nitrogens with one attached hydrogen (secondary N) is 2. The van der Waals surface area contributed by atoms with Crippen molar-refractivity contribution in [2.24, 2.45) is 0 Å². The Kier molecular flexibility index (Phi) is 4.75. The highest BCUT2D eigenvalue weighted by atomic mass is 16.6. The van der Waals surface area contributed by atoms with Gasteiger partial charge in [0.1, 0.15) is 5.69 Å². The predicted octanol–water partition coefficient (Wildman–Crippen LogP) is 3.64. The van der Waals surface area contributed by atoms with Crippen LogP contribution in [0.15, 0.2) is 42.5 Å². The van der Waals surface area contributed by atoms with Gasteiger partial charge in [-0.25, -0.2) is 0 Å². The van der Waals surface area contributed by atoms with Crippen molar-refractivity contribution in [1.82, 2.24) is 4.90 Å². The number of hydrogen-bond donors (Lipinski definition) is 2. The quantitative estimate of drug-likeness (QED) is 0.635. The SMILES string of the molecule is O=[N+]([O-])c1ccc2c(c1NC1CCN(Cc3ccccc3)CC1)CCN2. The monoisotopic (exact) mass is 352 g/mol. The topological polar surface area (TPSA) is 70.4 Å². The maximum atomic E-state index is 11.5. The smallest absolute Gasteiger partial charge is 0.292 e. The van der Waals surface area contributed by atoms with Gasteiger partial charge in [0.15, 0.2) is 0 Å². The molecule has 2 aliphatic heterocycles. The zero-order valence-electron chi connectivity index (χ0n) is 14.8. The Morgan fingerprint density at radius 3 is 2.65 bits per heavy atom. The molecular weight excluding hydrogens is 328 g/mol. The Morgan fingerprint density at radius 1 is 1.15 bits per heavy atom. The van der Waals surface area contributed by atoms with Gasteiger partial charge in [0.25, 0.3) is 5.69 Å². The van der Waals surface area contributed by atoms with E-state index in [2.05, 4.69) is 39.8 Å². The van der Waals surface area contributed by atoms with Crippen LogP contribution in [-0.2, 0) is 13.0 Å². The average Bonchev–Trinajstić information content (AvgIpc) is 3.13. The molecule has 0 aromatic heterocycles. The fourth-order valence-corrected chi connectivity index (χ4v) is 3.98. The van der Waals surface area contributed by atoms with Crippen molar-refractivity contribution in [2.75, 3.05) is 30.3 Å². The fourth-order valence-electron chi connectivity index (χ4n) is 3.98. The van der Waals surface area contributed by atoms with Crippen molar-refractivity contribution in [3.8, 4) is 0 Å². The third kappa shape index (κ3) is 3.51. The molecule has 0 aliphatic carbocycles. The van der Waals surface area contributed by atoms with E-state index in [1.54, 1.807) is 6.07 Å². The maximum absolute atomic E-state index is 11.5. The summed E-state index contributed by atoms with van der Waals surface area (Å²) < 4.78 is 0. The lowest BCUT2D eigenvalue weighted by Gasteiger charge is -2.33. The molecule has 6 heteroatoms. The van der Waals surface area contributed by atoms with Gasteiger partial charge in [-0.05, 0) is 30.9 Å². The van der Waals surface area contributed by atoms with Crippen LogP contribution in [-0.4, -0.2) is 35.5 Å². The molecule has 0 atom stereocenters. The van der Waals surface area contributed by atoms with Crippen LogP contribution in [0.2, 0.25) is 0 Å². The lowest BCUT2D eigenvalue weighted by Crippen LogP contribution is -2.38. The van der Waals surface area contributed by atoms with Gasteiger partial charge in [0.05, 0.1) is 4.92 Å². The third-order valence-electron chi connectivity index (χ3n) is 5.36. The van der Waals surface area contributed by atoms with E-state index < -0.39 is 0 Å². The summed E-state index contributed by atoms with van der Waals surface area (Å²) in [6.07, 6.45) is 2.84. The van der Waals surface area contributed by atoms with Gasteiger partial charge >= 0.3 is 0 Å². The number of likely N-dealkylation sites (tertiary alicyclic amines) is 1. The molecule has 0 amide bonds. The molecule has 0 unspecified atom stereocenters. The number of rotatable bonds is 5. The maximum Gasteiger partial charge on any atom is 0.292 e. The van der Waals surface area contributed by atoms with E-state index in [4.69, 9.17) is 0 Å². The number of piperidine rings is 1. The van der Waals surface area contributed by atoms with E-state index in [1.165, 1.54) is 5.56 Å². The Morgan fingerprint density at radius 2 is 1.92 bits per heavy atom. The molecule has 0 saturated carbocycles. The summed E-state index contributed by atoms with van der Waals surface area (Å²) in [7, 11) is 0. The second-order valence-corrected chi connectivity index (χ2v) is 7.10. The average molecular weight is 352 g/mol. The summed E-state index contributed by atoms with van der Waals surface area (Å²) in [5.41, 5.74) is 4.34. The van der Waals surface area contributed by atoms with Crippen LogP contribution in [0.4, 0.5) is 17.1 Å². The first-order valence-electron chi connectivity index (χ1n) is 9.27. The molecule has 2 N–H and O–H groups in total. The zero-order valence-corrected chi connectivity index (χ0v) is 14.8. The largest absolute Gasteiger partial charge is 0.384 e. The van der Waals surface area contributed by atoms with Gasteiger partial charge in [-0.1, -0.05) is 30.3 Å². The predicted molar refractivity (Wildman–Crippen MR) is 104 cm³/mol. The van der Waals surface area contributed by atoms with Crippen LogP contribution < -0.4 is 10.6 Å². The van der Waals surface area contributed by atoms with Gasteiger partial charge in [-0.15, -0.1) is 0 Å². The lowest BCUT2D eigenvalue weighted by molar-refractivity contribution is -0.384. The van der Waals surface area contributed by atoms with E-state index in [0.717, 1.165) is 62.4 Å². The molecule has 0 spiro atoms. The summed E-state index contributed by atoms with van der Waals surface area (Å²) in [6.45, 7) is 3.83. The summed E-state index contributed by atoms with van der Waals surface area (Å²) in [4.78, 5) is 13.6. The van der Waals surface area contributed by atoms with Gasteiger partial charge in [0.2, 0.25) is 0 Å². The molecule has 2 aromatic carbocycles. The van der Waals surface area contributed by atoms with Gasteiger partial charge in [0, 0.05) is 49.5 Å². The summed E-state index contributed by atoms with van der Waals surface area (Å²) in [5, 5.41) is 18.3. The second kappa shape index (κ2) is 7.33. The highest BCUT2D eigenvalue weighted by Gasteiger charge is 2.27. The molecule has 1 saturated heterocycles. The standard InChI is InChI=1S/C20H24N4O2/c25-24(26)19-7-6-18-17(8-11-21-18)20(19)22-16-9-12-23(13-10-16)14-15-4-2-1-3-5-15/h1-7,16,21-22H,8-14H2. The molecule has 26 heavy (non-hydrogen) atoms. The minimum atomic E-state index is -0.272. The number of benzene rings is 2. The third-order valence-corrected chi connectivity index (χ3v) is 5.36. The first-order valence-corrected chi connectivity index (χ1v) is 9.27. The first-order chi connectivity index (χ1) is 12.7. The molecule has 6 nitrogen and oxygen atoms in total. The molecule has 0 radical (unpaired) electrons. The van der Waals surface area contributed by atoms with Crippen molar-refractivity contribution in [2.45, 2.75) is 31.8 Å². The van der Waals surface area contributed by atoms with Crippen LogP contribution >= 0.6 is 0 Å². The van der Waals surface area contributed by atoms with Gasteiger partial charge in [-0.2, -0.15) is 0 Å². The van der Waals surface area contributed by atoms with Crippen LogP contribution in [0.1, 0.15) is 24.0 Å². The first kappa shape index (κ1) is 16.8. The Hall–Kier alpha value is -2.60. The van der Waals surface area contributed by atoms with Crippen LogP contribution in [0.5, 0.6) is 0 Å². The highest BCUT2D eigenvalue weighted by molar-refractivity contribution is 5.77. The molecule has 2 aliphatic rings. The molecular formula is C20H24N4O2. The number of fused-ring (bicyclic) bond motifs is 1. The van der Waals surface area contributed by atoms with E-state index in [9.17, 15) is 10.1 Å². The molecule has 136 valence electrons. The van der Waals surface area contributed by atoms with Crippen molar-refractivity contribution >= 4 is 17.1 Å². The normalized spacial score (nSPS) is 17.5. The van der Waals surface area contributed by atoms with Crippen molar-refractivity contribution in [1.29, 1.82) is 0 Å². The molecule has 2 heterocycles. The van der Waals surface area contributed by atoms with Gasteiger partial charge < -0.3 is 10.6 Å². The number of nitrogens with zero attached hydrogens (tertiary/aromatic N) is 2. The Labute approximate surface area is 153 Å². The fraction of sp³-hybridized carbons (Fsp3) is 0.400. The molecule has 4 rings (SSSR count). The number of nitro groups is 1. The molecule has 0 bridgehead atoms. The summed E-state index contributed by atoms with van der Waals surface area (Å²) in [6, 6.07) is 14.2. The van der Waals surface area contributed by atoms with E-state index >= 15 is 0 Å².